The molecular weight excluding hydrogens is 284 g/mol. The number of hydrogen-bond acceptors (Lipinski definition) is 5. The first-order chi connectivity index (χ1) is 10.4. The number of hydrogen-bond donors (Lipinski definition) is 1. The third-order valence-corrected chi connectivity index (χ3v) is 3.41. The molecule has 1 aliphatic heterocycles. The van der Waals surface area contributed by atoms with Crippen molar-refractivity contribution in [2.24, 2.45) is 4.99 Å². The molecule has 1 atom stereocenters. The van der Waals surface area contributed by atoms with Crippen LogP contribution in [-0.4, -0.2) is 34.3 Å². The lowest BCUT2D eigenvalue weighted by molar-refractivity contribution is 0.0524. The molecule has 1 unspecified atom stereocenters. The molecule has 0 fully saturated rings. The Balaban J connectivity index is 2.59. The molecule has 0 amide bonds. The SMILES string of the molecule is CCOC(=O)c1cncc(C(=O)O)c1C1C=C(C)N=C(C)C1. The van der Waals surface area contributed by atoms with Crippen LogP contribution in [0, 0.1) is 0 Å². The molecule has 22 heavy (non-hydrogen) atoms. The lowest BCUT2D eigenvalue weighted by Crippen LogP contribution is -2.18. The minimum absolute atomic E-state index is 0.0225. The number of rotatable bonds is 4. The van der Waals surface area contributed by atoms with E-state index >= 15 is 0 Å². The summed E-state index contributed by atoms with van der Waals surface area (Å²) in [6.07, 6.45) is 5.07. The van der Waals surface area contributed by atoms with Gasteiger partial charge in [0.15, 0.2) is 0 Å². The number of carboxylic acids is 1. The second kappa shape index (κ2) is 6.51. The van der Waals surface area contributed by atoms with Gasteiger partial charge in [0.2, 0.25) is 0 Å². The number of aromatic nitrogens is 1. The fraction of sp³-hybridized carbons (Fsp3) is 0.375. The summed E-state index contributed by atoms with van der Waals surface area (Å²) in [5, 5.41) is 9.42. The molecule has 0 aliphatic carbocycles. The molecule has 2 heterocycles. The van der Waals surface area contributed by atoms with E-state index in [0.29, 0.717) is 12.0 Å². The van der Waals surface area contributed by atoms with E-state index in [2.05, 4.69) is 9.98 Å². The highest BCUT2D eigenvalue weighted by atomic mass is 16.5. The Hall–Kier alpha value is -2.50. The summed E-state index contributed by atoms with van der Waals surface area (Å²) in [6, 6.07) is 0. The third-order valence-electron chi connectivity index (χ3n) is 3.41. The van der Waals surface area contributed by atoms with Gasteiger partial charge in [0.1, 0.15) is 0 Å². The molecule has 116 valence electrons. The second-order valence-electron chi connectivity index (χ2n) is 5.14. The molecule has 0 saturated carbocycles. The molecule has 0 bridgehead atoms. The van der Waals surface area contributed by atoms with Gasteiger partial charge in [0.05, 0.1) is 17.7 Å². The summed E-state index contributed by atoms with van der Waals surface area (Å²) >= 11 is 0. The smallest absolute Gasteiger partial charge is 0.340 e. The number of pyridine rings is 1. The van der Waals surface area contributed by atoms with Crippen LogP contribution in [0.2, 0.25) is 0 Å². The summed E-state index contributed by atoms with van der Waals surface area (Å²) in [7, 11) is 0. The van der Waals surface area contributed by atoms with E-state index in [-0.39, 0.29) is 23.7 Å². The molecule has 1 aromatic rings. The predicted octanol–water partition coefficient (Wildman–Crippen LogP) is 2.81. The fourth-order valence-corrected chi connectivity index (χ4v) is 2.65. The number of ether oxygens (including phenoxy) is 1. The standard InChI is InChI=1S/C16H18N2O4/c1-4-22-16(21)13-8-17-7-12(15(19)20)14(13)11-5-9(2)18-10(3)6-11/h5,7-8,11H,4,6H2,1-3H3,(H,19,20). The summed E-state index contributed by atoms with van der Waals surface area (Å²) in [5.41, 5.74) is 2.36. The molecule has 1 aliphatic rings. The fourth-order valence-electron chi connectivity index (χ4n) is 2.65. The van der Waals surface area contributed by atoms with E-state index in [1.54, 1.807) is 6.92 Å². The normalized spacial score (nSPS) is 17.5. The van der Waals surface area contributed by atoms with Crippen LogP contribution in [-0.2, 0) is 4.74 Å². The maximum absolute atomic E-state index is 12.1. The number of allylic oxidation sites excluding steroid dienone is 2. The summed E-state index contributed by atoms with van der Waals surface area (Å²) in [6.45, 7) is 5.65. The zero-order chi connectivity index (χ0) is 16.3. The molecule has 1 aromatic heterocycles. The minimum atomic E-state index is -1.11. The molecule has 0 spiro atoms. The van der Waals surface area contributed by atoms with Crippen LogP contribution in [0.15, 0.2) is 29.2 Å². The lowest BCUT2D eigenvalue weighted by Gasteiger charge is -2.22. The van der Waals surface area contributed by atoms with Crippen LogP contribution >= 0.6 is 0 Å². The van der Waals surface area contributed by atoms with Gasteiger partial charge in [-0.05, 0) is 32.8 Å². The van der Waals surface area contributed by atoms with Crippen molar-refractivity contribution >= 4 is 17.7 Å². The van der Waals surface area contributed by atoms with Gasteiger partial charge in [-0.1, -0.05) is 6.08 Å². The lowest BCUT2D eigenvalue weighted by atomic mass is 9.86. The highest BCUT2D eigenvalue weighted by molar-refractivity contribution is 5.98. The first-order valence-corrected chi connectivity index (χ1v) is 7.05. The average molecular weight is 302 g/mol. The molecule has 6 heteroatoms. The van der Waals surface area contributed by atoms with Gasteiger partial charge < -0.3 is 9.84 Å². The number of carbonyl (C=O) groups is 2. The predicted molar refractivity (Wildman–Crippen MR) is 81.4 cm³/mol. The number of carbonyl (C=O) groups excluding carboxylic acids is 1. The topological polar surface area (TPSA) is 88.8 Å². The first kappa shape index (κ1) is 15.9. The molecular formula is C16H18N2O4. The molecule has 1 N–H and O–H groups in total. The van der Waals surface area contributed by atoms with Gasteiger partial charge in [-0.3, -0.25) is 9.98 Å². The van der Waals surface area contributed by atoms with Crippen molar-refractivity contribution in [1.82, 2.24) is 4.98 Å². The highest BCUT2D eigenvalue weighted by Crippen LogP contribution is 2.32. The van der Waals surface area contributed by atoms with Gasteiger partial charge >= 0.3 is 11.9 Å². The Kier molecular flexibility index (Phi) is 4.70. The maximum Gasteiger partial charge on any atom is 0.340 e. The molecule has 0 saturated heterocycles. The minimum Gasteiger partial charge on any atom is -0.478 e. The molecule has 0 radical (unpaired) electrons. The number of aromatic carboxylic acids is 1. The van der Waals surface area contributed by atoms with Crippen LogP contribution in [0.5, 0.6) is 0 Å². The van der Waals surface area contributed by atoms with Gasteiger partial charge in [0, 0.05) is 29.7 Å². The average Bonchev–Trinajstić information content (AvgIpc) is 2.45. The van der Waals surface area contributed by atoms with E-state index in [1.165, 1.54) is 12.4 Å². The van der Waals surface area contributed by atoms with Crippen LogP contribution in [0.1, 0.15) is 59.4 Å². The van der Waals surface area contributed by atoms with Crippen molar-refractivity contribution < 1.29 is 19.4 Å². The monoisotopic (exact) mass is 302 g/mol. The largest absolute Gasteiger partial charge is 0.478 e. The van der Waals surface area contributed by atoms with Crippen molar-refractivity contribution in [2.75, 3.05) is 6.61 Å². The maximum atomic E-state index is 12.1. The molecule has 6 nitrogen and oxygen atoms in total. The van der Waals surface area contributed by atoms with Crippen molar-refractivity contribution in [2.45, 2.75) is 33.1 Å². The first-order valence-electron chi connectivity index (χ1n) is 7.05. The zero-order valence-electron chi connectivity index (χ0n) is 12.8. The number of nitrogens with zero attached hydrogens (tertiary/aromatic N) is 2. The zero-order valence-corrected chi connectivity index (χ0v) is 12.8. The van der Waals surface area contributed by atoms with Crippen molar-refractivity contribution in [3.8, 4) is 0 Å². The van der Waals surface area contributed by atoms with Gasteiger partial charge in [-0.15, -0.1) is 0 Å². The van der Waals surface area contributed by atoms with Crippen molar-refractivity contribution in [1.29, 1.82) is 0 Å². The second-order valence-corrected chi connectivity index (χ2v) is 5.14. The number of aliphatic imine (C=N–C) groups is 1. The van der Waals surface area contributed by atoms with Crippen LogP contribution in [0.4, 0.5) is 0 Å². The van der Waals surface area contributed by atoms with Gasteiger partial charge in [-0.25, -0.2) is 9.59 Å². The van der Waals surface area contributed by atoms with Crippen LogP contribution in [0.25, 0.3) is 0 Å². The number of carboxylic acid groups (broad SMARTS) is 1. The molecule has 0 aromatic carbocycles. The summed E-state index contributed by atoms with van der Waals surface area (Å²) in [5.74, 6) is -1.90. The Morgan fingerprint density at radius 1 is 1.32 bits per heavy atom. The van der Waals surface area contributed by atoms with Gasteiger partial charge in [0.25, 0.3) is 0 Å². The van der Waals surface area contributed by atoms with Crippen molar-refractivity contribution in [3.63, 3.8) is 0 Å². The molecule has 2 rings (SSSR count). The van der Waals surface area contributed by atoms with E-state index < -0.39 is 11.9 Å². The number of esters is 1. The highest BCUT2D eigenvalue weighted by Gasteiger charge is 2.27. The van der Waals surface area contributed by atoms with E-state index in [9.17, 15) is 14.7 Å². The van der Waals surface area contributed by atoms with Gasteiger partial charge in [-0.2, -0.15) is 0 Å². The Morgan fingerprint density at radius 2 is 2.00 bits per heavy atom. The quantitative estimate of drug-likeness (QED) is 0.864. The van der Waals surface area contributed by atoms with E-state index in [4.69, 9.17) is 4.74 Å². The Bertz CT molecular complexity index is 677. The van der Waals surface area contributed by atoms with Crippen molar-refractivity contribution in [3.05, 3.63) is 40.9 Å². The third kappa shape index (κ3) is 3.21. The van der Waals surface area contributed by atoms with E-state index in [1.807, 2.05) is 19.9 Å². The Labute approximate surface area is 128 Å². The van der Waals surface area contributed by atoms with Crippen LogP contribution in [0.3, 0.4) is 0 Å². The van der Waals surface area contributed by atoms with Crippen LogP contribution < -0.4 is 0 Å². The van der Waals surface area contributed by atoms with E-state index in [0.717, 1.165) is 11.4 Å². The summed E-state index contributed by atoms with van der Waals surface area (Å²) in [4.78, 5) is 31.9. The summed E-state index contributed by atoms with van der Waals surface area (Å²) < 4.78 is 5.03. The Morgan fingerprint density at radius 3 is 2.59 bits per heavy atom.